The van der Waals surface area contributed by atoms with Gasteiger partial charge >= 0.3 is 0 Å². The fourth-order valence-electron chi connectivity index (χ4n) is 3.25. The van der Waals surface area contributed by atoms with E-state index in [1.165, 1.54) is 7.11 Å². The van der Waals surface area contributed by atoms with E-state index >= 15 is 0 Å². The van der Waals surface area contributed by atoms with E-state index in [4.69, 9.17) is 21.1 Å². The van der Waals surface area contributed by atoms with Gasteiger partial charge in [-0.15, -0.1) is 0 Å². The largest absolute Gasteiger partial charge is 0.493 e. The Balaban J connectivity index is 1.63. The van der Waals surface area contributed by atoms with Crippen LogP contribution in [-0.4, -0.2) is 49.1 Å². The third-order valence-electron chi connectivity index (χ3n) is 4.69. The van der Waals surface area contributed by atoms with Crippen LogP contribution in [0.5, 0.6) is 5.75 Å². The first-order chi connectivity index (χ1) is 14.2. The maximum atomic E-state index is 13.0. The predicted molar refractivity (Wildman–Crippen MR) is 113 cm³/mol. The van der Waals surface area contributed by atoms with E-state index < -0.39 is 0 Å². The summed E-state index contributed by atoms with van der Waals surface area (Å²) in [6.07, 6.45) is 1.69. The highest BCUT2D eigenvalue weighted by atomic mass is 35.5. The lowest BCUT2D eigenvalue weighted by Crippen LogP contribution is -2.36. The van der Waals surface area contributed by atoms with Gasteiger partial charge in [0.05, 0.1) is 43.6 Å². The normalized spacial score (nSPS) is 13.9. The summed E-state index contributed by atoms with van der Waals surface area (Å²) in [5.41, 5.74) is 2.55. The highest BCUT2D eigenvalue weighted by molar-refractivity contribution is 6.31. The third-order valence-corrected chi connectivity index (χ3v) is 4.93. The van der Waals surface area contributed by atoms with Gasteiger partial charge in [0.15, 0.2) is 11.4 Å². The molecule has 1 amide bonds. The van der Waals surface area contributed by atoms with Crippen LogP contribution in [0.3, 0.4) is 0 Å². The van der Waals surface area contributed by atoms with Crippen LogP contribution in [0.2, 0.25) is 5.02 Å². The number of aromatic nitrogens is 2. The molecule has 29 heavy (non-hydrogen) atoms. The zero-order valence-corrected chi connectivity index (χ0v) is 16.7. The topological polar surface area (TPSA) is 68.6 Å². The van der Waals surface area contributed by atoms with Crippen LogP contribution < -0.4 is 15.0 Å². The summed E-state index contributed by atoms with van der Waals surface area (Å²) in [5, 5.41) is 7.91. The zero-order chi connectivity index (χ0) is 20.2. The molecule has 1 saturated heterocycles. The highest BCUT2D eigenvalue weighted by Gasteiger charge is 2.22. The van der Waals surface area contributed by atoms with Gasteiger partial charge in [0, 0.05) is 18.1 Å². The van der Waals surface area contributed by atoms with Crippen LogP contribution >= 0.6 is 11.6 Å². The monoisotopic (exact) mass is 412 g/mol. The Morgan fingerprint density at radius 1 is 1.17 bits per heavy atom. The number of halogens is 1. The molecule has 0 aliphatic carbocycles. The molecule has 1 aromatic heterocycles. The molecule has 3 aromatic rings. The first-order valence-electron chi connectivity index (χ1n) is 9.28. The minimum atomic E-state index is -0.367. The lowest BCUT2D eigenvalue weighted by Gasteiger charge is -2.30. The summed E-state index contributed by atoms with van der Waals surface area (Å²) in [6.45, 7) is 2.78. The zero-order valence-electron chi connectivity index (χ0n) is 16.0. The van der Waals surface area contributed by atoms with Crippen molar-refractivity contribution in [2.45, 2.75) is 0 Å². The summed E-state index contributed by atoms with van der Waals surface area (Å²) < 4.78 is 12.4. The number of anilines is 2. The fourth-order valence-corrected chi connectivity index (χ4v) is 3.42. The number of para-hydroxylation sites is 1. The highest BCUT2D eigenvalue weighted by Crippen LogP contribution is 2.31. The van der Waals surface area contributed by atoms with Crippen LogP contribution in [0.4, 0.5) is 11.4 Å². The second kappa shape index (κ2) is 8.55. The maximum Gasteiger partial charge on any atom is 0.280 e. The molecule has 0 radical (unpaired) electrons. The van der Waals surface area contributed by atoms with Crippen molar-refractivity contribution in [1.29, 1.82) is 0 Å². The molecule has 150 valence electrons. The third kappa shape index (κ3) is 4.21. The number of carbonyl (C=O) groups is 1. The number of nitrogens with zero attached hydrogens (tertiary/aromatic N) is 3. The Hall–Kier alpha value is -3.03. The molecule has 7 nitrogen and oxygen atoms in total. The predicted octanol–water partition coefficient (Wildman–Crippen LogP) is 3.62. The number of carbonyl (C=O) groups excluding carboxylic acids is 1. The first kappa shape index (κ1) is 19.3. The summed E-state index contributed by atoms with van der Waals surface area (Å²) in [6, 6.07) is 15.0. The van der Waals surface area contributed by atoms with Crippen molar-refractivity contribution >= 4 is 28.9 Å². The fraction of sp³-hybridized carbons (Fsp3) is 0.238. The van der Waals surface area contributed by atoms with E-state index in [0.29, 0.717) is 29.7 Å². The van der Waals surface area contributed by atoms with Crippen molar-refractivity contribution in [2.24, 2.45) is 0 Å². The number of ether oxygens (including phenoxy) is 2. The van der Waals surface area contributed by atoms with Crippen molar-refractivity contribution in [3.05, 3.63) is 65.4 Å². The quantitative estimate of drug-likeness (QED) is 0.693. The van der Waals surface area contributed by atoms with Gasteiger partial charge in [0.2, 0.25) is 0 Å². The van der Waals surface area contributed by atoms with Crippen molar-refractivity contribution in [2.75, 3.05) is 43.6 Å². The van der Waals surface area contributed by atoms with E-state index in [2.05, 4.69) is 15.3 Å². The molecule has 4 rings (SSSR count). The standard InChI is InChI=1S/C21H21ClN4O3/c1-28-19-14-26(16-5-3-2-4-6-16)24-20(19)21(27)23-17-13-15(22)7-8-18(17)25-9-11-29-12-10-25/h2-8,13-14H,9-12H2,1H3,(H,23,27). The summed E-state index contributed by atoms with van der Waals surface area (Å²) >= 11 is 6.19. The van der Waals surface area contributed by atoms with Crippen LogP contribution in [0, 0.1) is 0 Å². The van der Waals surface area contributed by atoms with Crippen molar-refractivity contribution < 1.29 is 14.3 Å². The Labute approximate surface area is 173 Å². The van der Waals surface area contributed by atoms with E-state index in [-0.39, 0.29) is 11.6 Å². The molecule has 1 N–H and O–H groups in total. The minimum Gasteiger partial charge on any atom is -0.493 e. The second-order valence-corrected chi connectivity index (χ2v) is 6.98. The average molecular weight is 413 g/mol. The number of rotatable bonds is 5. The van der Waals surface area contributed by atoms with Gasteiger partial charge in [-0.2, -0.15) is 5.10 Å². The summed E-state index contributed by atoms with van der Waals surface area (Å²) in [7, 11) is 1.52. The van der Waals surface area contributed by atoms with Crippen LogP contribution in [-0.2, 0) is 4.74 Å². The van der Waals surface area contributed by atoms with Crippen LogP contribution in [0.1, 0.15) is 10.5 Å². The van der Waals surface area contributed by atoms with E-state index in [1.807, 2.05) is 42.5 Å². The van der Waals surface area contributed by atoms with Crippen molar-refractivity contribution in [3.8, 4) is 11.4 Å². The number of amides is 1. The molecule has 2 aromatic carbocycles. The number of nitrogens with one attached hydrogen (secondary N) is 1. The van der Waals surface area contributed by atoms with Gasteiger partial charge in [-0.1, -0.05) is 29.8 Å². The van der Waals surface area contributed by atoms with Gasteiger partial charge < -0.3 is 19.7 Å². The molecule has 1 fully saturated rings. The van der Waals surface area contributed by atoms with Crippen LogP contribution in [0.25, 0.3) is 5.69 Å². The molecule has 8 heteroatoms. The second-order valence-electron chi connectivity index (χ2n) is 6.54. The average Bonchev–Trinajstić information content (AvgIpc) is 3.20. The molecule has 0 saturated carbocycles. The van der Waals surface area contributed by atoms with E-state index in [1.54, 1.807) is 16.9 Å². The molecule has 1 aliphatic heterocycles. The summed E-state index contributed by atoms with van der Waals surface area (Å²) in [4.78, 5) is 15.2. The number of hydrogen-bond donors (Lipinski definition) is 1. The molecular weight excluding hydrogens is 392 g/mol. The Morgan fingerprint density at radius 2 is 1.93 bits per heavy atom. The van der Waals surface area contributed by atoms with Gasteiger partial charge in [0.1, 0.15) is 0 Å². The van der Waals surface area contributed by atoms with Crippen molar-refractivity contribution in [1.82, 2.24) is 9.78 Å². The molecule has 0 atom stereocenters. The number of benzene rings is 2. The molecular formula is C21H21ClN4O3. The molecule has 0 bridgehead atoms. The SMILES string of the molecule is COc1cn(-c2ccccc2)nc1C(=O)Nc1cc(Cl)ccc1N1CCOCC1. The molecule has 0 unspecified atom stereocenters. The number of methoxy groups -OCH3 is 1. The van der Waals surface area contributed by atoms with Crippen molar-refractivity contribution in [3.63, 3.8) is 0 Å². The van der Waals surface area contributed by atoms with Crippen LogP contribution in [0.15, 0.2) is 54.7 Å². The van der Waals surface area contributed by atoms with Gasteiger partial charge in [-0.05, 0) is 30.3 Å². The first-order valence-corrected chi connectivity index (χ1v) is 9.66. The van der Waals surface area contributed by atoms with Gasteiger partial charge in [0.25, 0.3) is 5.91 Å². The molecule has 2 heterocycles. The van der Waals surface area contributed by atoms with E-state index in [0.717, 1.165) is 24.5 Å². The van der Waals surface area contributed by atoms with E-state index in [9.17, 15) is 4.79 Å². The smallest absolute Gasteiger partial charge is 0.280 e. The Kier molecular flexibility index (Phi) is 5.69. The summed E-state index contributed by atoms with van der Waals surface area (Å²) in [5.74, 6) is 0.0228. The van der Waals surface area contributed by atoms with Gasteiger partial charge in [-0.25, -0.2) is 4.68 Å². The maximum absolute atomic E-state index is 13.0. The van der Waals surface area contributed by atoms with Gasteiger partial charge in [-0.3, -0.25) is 4.79 Å². The minimum absolute atomic E-state index is 0.198. The molecule has 1 aliphatic rings. The lowest BCUT2D eigenvalue weighted by molar-refractivity contribution is 0.101. The lowest BCUT2D eigenvalue weighted by atomic mass is 10.2. The Bertz CT molecular complexity index is 1000. The Morgan fingerprint density at radius 3 is 2.66 bits per heavy atom. The number of hydrogen-bond acceptors (Lipinski definition) is 5. The molecule has 0 spiro atoms. The number of morpholine rings is 1.